The Balaban J connectivity index is 1.57. The number of ether oxygens (including phenoxy) is 1. The van der Waals surface area contributed by atoms with E-state index in [1.165, 1.54) is 18.2 Å². The molecule has 0 bridgehead atoms. The molecule has 1 aromatic carbocycles. The standard InChI is InChI=1S/C17H23FN2O2/c18-16-5-3-4-15(14-16)6-7-17(21)19-8-1-2-9-20-10-12-22-13-11-20/h3-7,14H,1-2,8-13H2,(H,19,21)/b7-6+. The summed E-state index contributed by atoms with van der Waals surface area (Å²) in [7, 11) is 0. The molecule has 1 aliphatic rings. The van der Waals surface area contributed by atoms with Crippen LogP contribution in [0.5, 0.6) is 0 Å². The van der Waals surface area contributed by atoms with E-state index in [1.807, 2.05) is 0 Å². The first-order valence-corrected chi connectivity index (χ1v) is 7.75. The minimum atomic E-state index is -0.300. The molecule has 120 valence electrons. The van der Waals surface area contributed by atoms with Crippen molar-refractivity contribution in [3.8, 4) is 0 Å². The van der Waals surface area contributed by atoms with Crippen molar-refractivity contribution >= 4 is 12.0 Å². The average molecular weight is 306 g/mol. The van der Waals surface area contributed by atoms with Crippen LogP contribution >= 0.6 is 0 Å². The predicted molar refractivity (Wildman–Crippen MR) is 84.9 cm³/mol. The van der Waals surface area contributed by atoms with E-state index in [2.05, 4.69) is 10.2 Å². The van der Waals surface area contributed by atoms with Gasteiger partial charge >= 0.3 is 0 Å². The van der Waals surface area contributed by atoms with E-state index in [0.717, 1.165) is 45.7 Å². The quantitative estimate of drug-likeness (QED) is 0.619. The number of benzene rings is 1. The van der Waals surface area contributed by atoms with Gasteiger partial charge in [0, 0.05) is 25.7 Å². The molecule has 5 heteroatoms. The Hall–Kier alpha value is -1.72. The zero-order valence-corrected chi connectivity index (χ0v) is 12.8. The first-order valence-electron chi connectivity index (χ1n) is 7.75. The van der Waals surface area contributed by atoms with Crippen LogP contribution in [-0.2, 0) is 9.53 Å². The van der Waals surface area contributed by atoms with Crippen LogP contribution in [0, 0.1) is 5.82 Å². The lowest BCUT2D eigenvalue weighted by Crippen LogP contribution is -2.37. The van der Waals surface area contributed by atoms with Crippen LogP contribution in [-0.4, -0.2) is 50.2 Å². The minimum absolute atomic E-state index is 0.143. The van der Waals surface area contributed by atoms with Gasteiger partial charge in [0.2, 0.25) is 5.91 Å². The van der Waals surface area contributed by atoms with Crippen molar-refractivity contribution in [1.29, 1.82) is 0 Å². The third-order valence-electron chi connectivity index (χ3n) is 3.58. The Bertz CT molecular complexity index is 499. The molecule has 4 nitrogen and oxygen atoms in total. The first-order chi connectivity index (χ1) is 10.7. The fourth-order valence-electron chi connectivity index (χ4n) is 2.34. The van der Waals surface area contributed by atoms with Gasteiger partial charge in [-0.15, -0.1) is 0 Å². The van der Waals surface area contributed by atoms with Gasteiger partial charge in [-0.05, 0) is 43.2 Å². The molecule has 0 saturated carbocycles. The molecule has 1 fully saturated rings. The van der Waals surface area contributed by atoms with E-state index < -0.39 is 0 Å². The van der Waals surface area contributed by atoms with Gasteiger partial charge in [0.25, 0.3) is 0 Å². The summed E-state index contributed by atoms with van der Waals surface area (Å²) in [5.74, 6) is -0.443. The Morgan fingerprint density at radius 1 is 1.32 bits per heavy atom. The number of carbonyl (C=O) groups is 1. The molecule has 1 heterocycles. The van der Waals surface area contributed by atoms with Gasteiger partial charge in [0.15, 0.2) is 0 Å². The molecule has 22 heavy (non-hydrogen) atoms. The summed E-state index contributed by atoms with van der Waals surface area (Å²) in [6.07, 6.45) is 5.08. The summed E-state index contributed by atoms with van der Waals surface area (Å²) < 4.78 is 18.3. The third kappa shape index (κ3) is 6.37. The van der Waals surface area contributed by atoms with Crippen LogP contribution in [0.2, 0.25) is 0 Å². The van der Waals surface area contributed by atoms with Crippen molar-refractivity contribution in [1.82, 2.24) is 10.2 Å². The van der Waals surface area contributed by atoms with E-state index in [4.69, 9.17) is 4.74 Å². The Morgan fingerprint density at radius 3 is 2.91 bits per heavy atom. The lowest BCUT2D eigenvalue weighted by molar-refractivity contribution is -0.116. The number of rotatable bonds is 7. The van der Waals surface area contributed by atoms with E-state index in [1.54, 1.807) is 18.2 Å². The van der Waals surface area contributed by atoms with Gasteiger partial charge in [-0.1, -0.05) is 12.1 Å². The second-order valence-corrected chi connectivity index (χ2v) is 5.34. The molecule has 0 radical (unpaired) electrons. The fourth-order valence-corrected chi connectivity index (χ4v) is 2.34. The number of hydrogen-bond donors (Lipinski definition) is 1. The van der Waals surface area contributed by atoms with E-state index in [0.29, 0.717) is 12.1 Å². The number of hydrogen-bond acceptors (Lipinski definition) is 3. The molecule has 0 aliphatic carbocycles. The fraction of sp³-hybridized carbons (Fsp3) is 0.471. The average Bonchev–Trinajstić information content (AvgIpc) is 2.54. The predicted octanol–water partition coefficient (Wildman–Crippen LogP) is 2.07. The van der Waals surface area contributed by atoms with Crippen LogP contribution in [0.3, 0.4) is 0 Å². The lowest BCUT2D eigenvalue weighted by atomic mass is 10.2. The summed E-state index contributed by atoms with van der Waals surface area (Å²) in [5, 5.41) is 2.84. The number of nitrogens with one attached hydrogen (secondary N) is 1. The van der Waals surface area contributed by atoms with Crippen molar-refractivity contribution in [2.75, 3.05) is 39.4 Å². The van der Waals surface area contributed by atoms with E-state index >= 15 is 0 Å². The molecule has 0 aromatic heterocycles. The van der Waals surface area contributed by atoms with Gasteiger partial charge in [-0.2, -0.15) is 0 Å². The molecule has 1 aromatic rings. The maximum absolute atomic E-state index is 13.0. The van der Waals surface area contributed by atoms with Crippen LogP contribution in [0.25, 0.3) is 6.08 Å². The highest BCUT2D eigenvalue weighted by Crippen LogP contribution is 2.05. The molecule has 2 rings (SSSR count). The largest absolute Gasteiger partial charge is 0.379 e. The monoisotopic (exact) mass is 306 g/mol. The highest BCUT2D eigenvalue weighted by molar-refractivity contribution is 5.91. The molecule has 1 saturated heterocycles. The number of nitrogens with zero attached hydrogens (tertiary/aromatic N) is 1. The van der Waals surface area contributed by atoms with E-state index in [-0.39, 0.29) is 11.7 Å². The van der Waals surface area contributed by atoms with Crippen molar-refractivity contribution in [3.05, 3.63) is 41.7 Å². The maximum atomic E-state index is 13.0. The normalized spacial score (nSPS) is 16.0. The summed E-state index contributed by atoms with van der Waals surface area (Å²) in [6.45, 7) is 5.36. The Kier molecular flexibility index (Phi) is 7.06. The highest BCUT2D eigenvalue weighted by Gasteiger charge is 2.08. The number of carbonyl (C=O) groups excluding carboxylic acids is 1. The zero-order valence-electron chi connectivity index (χ0n) is 12.8. The van der Waals surface area contributed by atoms with Crippen molar-refractivity contribution in [3.63, 3.8) is 0 Å². The van der Waals surface area contributed by atoms with Crippen molar-refractivity contribution in [2.24, 2.45) is 0 Å². The van der Waals surface area contributed by atoms with Crippen LogP contribution < -0.4 is 5.32 Å². The summed E-state index contributed by atoms with van der Waals surface area (Å²) >= 11 is 0. The zero-order chi connectivity index (χ0) is 15.6. The molecular weight excluding hydrogens is 283 g/mol. The number of amides is 1. The number of unbranched alkanes of at least 4 members (excludes halogenated alkanes) is 1. The molecule has 1 N–H and O–H groups in total. The van der Waals surface area contributed by atoms with Gasteiger partial charge in [-0.3, -0.25) is 9.69 Å². The van der Waals surface area contributed by atoms with Crippen LogP contribution in [0.15, 0.2) is 30.3 Å². The molecule has 1 amide bonds. The molecular formula is C17H23FN2O2. The highest BCUT2D eigenvalue weighted by atomic mass is 19.1. The maximum Gasteiger partial charge on any atom is 0.243 e. The first kappa shape index (κ1) is 16.6. The summed E-state index contributed by atoms with van der Waals surface area (Å²) in [4.78, 5) is 14.0. The van der Waals surface area contributed by atoms with Gasteiger partial charge in [0.05, 0.1) is 13.2 Å². The molecule has 0 unspecified atom stereocenters. The van der Waals surface area contributed by atoms with Crippen LogP contribution in [0.1, 0.15) is 18.4 Å². The SMILES string of the molecule is O=C(/C=C/c1cccc(F)c1)NCCCCN1CCOCC1. The van der Waals surface area contributed by atoms with E-state index in [9.17, 15) is 9.18 Å². The Labute approximate surface area is 131 Å². The minimum Gasteiger partial charge on any atom is -0.379 e. The lowest BCUT2D eigenvalue weighted by Gasteiger charge is -2.26. The third-order valence-corrected chi connectivity index (χ3v) is 3.58. The van der Waals surface area contributed by atoms with Crippen LogP contribution in [0.4, 0.5) is 4.39 Å². The number of halogens is 1. The van der Waals surface area contributed by atoms with Gasteiger partial charge in [0.1, 0.15) is 5.82 Å². The molecule has 0 spiro atoms. The summed E-state index contributed by atoms with van der Waals surface area (Å²) in [5.41, 5.74) is 0.683. The molecule has 1 aliphatic heterocycles. The second-order valence-electron chi connectivity index (χ2n) is 5.34. The van der Waals surface area contributed by atoms with Gasteiger partial charge in [-0.25, -0.2) is 4.39 Å². The summed E-state index contributed by atoms with van der Waals surface area (Å²) in [6, 6.07) is 6.16. The van der Waals surface area contributed by atoms with Gasteiger partial charge < -0.3 is 10.1 Å². The topological polar surface area (TPSA) is 41.6 Å². The van der Waals surface area contributed by atoms with Crippen molar-refractivity contribution < 1.29 is 13.9 Å². The molecule has 0 atom stereocenters. The number of morpholine rings is 1. The smallest absolute Gasteiger partial charge is 0.243 e. The Morgan fingerprint density at radius 2 is 2.14 bits per heavy atom. The van der Waals surface area contributed by atoms with Crippen molar-refractivity contribution in [2.45, 2.75) is 12.8 Å². The second kappa shape index (κ2) is 9.33.